The van der Waals surface area contributed by atoms with Crippen LogP contribution in [0.15, 0.2) is 15.3 Å². The molecular weight excluding hydrogens is 379 g/mol. The van der Waals surface area contributed by atoms with Crippen molar-refractivity contribution in [2.45, 2.75) is 40.0 Å². The molecule has 1 aliphatic carbocycles. The summed E-state index contributed by atoms with van der Waals surface area (Å²) < 4.78 is 6.58. The van der Waals surface area contributed by atoms with Crippen molar-refractivity contribution in [2.75, 3.05) is 0 Å². The van der Waals surface area contributed by atoms with Crippen molar-refractivity contribution in [1.29, 1.82) is 0 Å². The third-order valence-electron chi connectivity index (χ3n) is 4.47. The minimum absolute atomic E-state index is 0.0998. The molecular formula is C17H17IO3. The monoisotopic (exact) mass is 396 g/mol. The van der Waals surface area contributed by atoms with Gasteiger partial charge in [0.2, 0.25) is 0 Å². The molecule has 1 aliphatic rings. The number of fused-ring (bicyclic) bond motifs is 3. The number of hydrogen-bond donors (Lipinski definition) is 0. The van der Waals surface area contributed by atoms with Crippen molar-refractivity contribution in [2.24, 2.45) is 5.92 Å². The van der Waals surface area contributed by atoms with Crippen molar-refractivity contribution in [1.82, 2.24) is 0 Å². The van der Waals surface area contributed by atoms with E-state index in [0.717, 1.165) is 32.9 Å². The Morgan fingerprint density at radius 2 is 1.95 bits per heavy atom. The van der Waals surface area contributed by atoms with Gasteiger partial charge in [0.15, 0.2) is 11.4 Å². The molecule has 1 atom stereocenters. The fraction of sp³-hybridized carbons (Fsp3) is 0.412. The summed E-state index contributed by atoms with van der Waals surface area (Å²) >= 11 is 2.27. The van der Waals surface area contributed by atoms with E-state index in [2.05, 4.69) is 35.6 Å². The van der Waals surface area contributed by atoms with Crippen molar-refractivity contribution in [3.8, 4) is 0 Å². The van der Waals surface area contributed by atoms with Crippen molar-refractivity contribution < 1.29 is 9.21 Å². The number of carbonyl (C=O) groups excluding carboxylic acids is 1. The molecule has 4 heteroatoms. The standard InChI is InChI=1S/C17H17IO3/c1-8-4-5-11-7-12(18)14-9(2)10(3)17(20)21-16(14)15(11)13(19)6-8/h7-8H,4-6H2,1-3H3. The van der Waals surface area contributed by atoms with E-state index >= 15 is 0 Å². The average molecular weight is 396 g/mol. The summed E-state index contributed by atoms with van der Waals surface area (Å²) in [4.78, 5) is 24.6. The number of hydrogen-bond acceptors (Lipinski definition) is 3. The normalized spacial score (nSPS) is 18.7. The van der Waals surface area contributed by atoms with E-state index in [1.54, 1.807) is 6.92 Å². The van der Waals surface area contributed by atoms with Gasteiger partial charge in [0, 0.05) is 20.9 Å². The second-order valence-electron chi connectivity index (χ2n) is 6.01. The van der Waals surface area contributed by atoms with Gasteiger partial charge in [-0.1, -0.05) is 6.92 Å². The largest absolute Gasteiger partial charge is 0.422 e. The third-order valence-corrected chi connectivity index (χ3v) is 5.32. The van der Waals surface area contributed by atoms with Crippen LogP contribution < -0.4 is 5.63 Å². The Labute approximate surface area is 136 Å². The van der Waals surface area contributed by atoms with Crippen LogP contribution in [-0.4, -0.2) is 5.78 Å². The third kappa shape index (κ3) is 2.33. The number of ketones is 1. The predicted molar refractivity (Wildman–Crippen MR) is 91.1 cm³/mol. The van der Waals surface area contributed by atoms with E-state index in [0.29, 0.717) is 29.0 Å². The highest BCUT2D eigenvalue weighted by atomic mass is 127. The molecule has 3 rings (SSSR count). The van der Waals surface area contributed by atoms with Gasteiger partial charge in [0.05, 0.1) is 5.56 Å². The van der Waals surface area contributed by atoms with E-state index in [4.69, 9.17) is 4.42 Å². The SMILES string of the molecule is Cc1c(C)c2c(I)cc3c(c2oc1=O)C(=O)CC(C)CC3. The van der Waals surface area contributed by atoms with Crippen LogP contribution >= 0.6 is 22.6 Å². The van der Waals surface area contributed by atoms with Crippen LogP contribution in [0.2, 0.25) is 0 Å². The fourth-order valence-corrected chi connectivity index (χ4v) is 4.09. The second kappa shape index (κ2) is 5.23. The topological polar surface area (TPSA) is 47.3 Å². The lowest BCUT2D eigenvalue weighted by Crippen LogP contribution is -2.11. The number of aryl methyl sites for hydroxylation is 2. The Kier molecular flexibility index (Phi) is 3.67. The molecule has 0 aliphatic heterocycles. The molecule has 3 nitrogen and oxygen atoms in total. The van der Waals surface area contributed by atoms with Gasteiger partial charge in [-0.2, -0.15) is 0 Å². The molecule has 0 spiro atoms. The number of Topliss-reactive ketones (excluding diaryl/α,β-unsaturated/α-hetero) is 1. The smallest absolute Gasteiger partial charge is 0.339 e. The van der Waals surface area contributed by atoms with Crippen LogP contribution in [0.1, 0.15) is 46.8 Å². The Morgan fingerprint density at radius 3 is 2.67 bits per heavy atom. The van der Waals surface area contributed by atoms with Gasteiger partial charge in [-0.3, -0.25) is 4.79 Å². The Morgan fingerprint density at radius 1 is 1.24 bits per heavy atom. The number of halogens is 1. The molecule has 0 saturated carbocycles. The highest BCUT2D eigenvalue weighted by molar-refractivity contribution is 14.1. The molecule has 0 saturated heterocycles. The van der Waals surface area contributed by atoms with Gasteiger partial charge in [0.1, 0.15) is 0 Å². The Hall–Kier alpha value is -1.17. The molecule has 1 unspecified atom stereocenters. The molecule has 0 N–H and O–H groups in total. The van der Waals surface area contributed by atoms with E-state index < -0.39 is 0 Å². The van der Waals surface area contributed by atoms with E-state index in [-0.39, 0.29) is 11.4 Å². The summed E-state index contributed by atoms with van der Waals surface area (Å²) in [5.74, 6) is 0.471. The molecule has 1 aromatic heterocycles. The van der Waals surface area contributed by atoms with E-state index in [1.807, 2.05) is 6.92 Å². The summed E-state index contributed by atoms with van der Waals surface area (Å²) in [6.45, 7) is 5.79. The first-order chi connectivity index (χ1) is 9.90. The molecule has 0 radical (unpaired) electrons. The summed E-state index contributed by atoms with van der Waals surface area (Å²) in [6, 6.07) is 2.08. The number of rotatable bonds is 0. The highest BCUT2D eigenvalue weighted by Gasteiger charge is 2.26. The van der Waals surface area contributed by atoms with Crippen molar-refractivity contribution in [3.63, 3.8) is 0 Å². The van der Waals surface area contributed by atoms with Gasteiger partial charge in [-0.15, -0.1) is 0 Å². The minimum atomic E-state index is -0.339. The first-order valence-corrected chi connectivity index (χ1v) is 8.26. The van der Waals surface area contributed by atoms with Gasteiger partial charge >= 0.3 is 5.63 Å². The Balaban J connectivity index is 2.46. The summed E-state index contributed by atoms with van der Waals surface area (Å²) in [5, 5.41) is 0.911. The van der Waals surface area contributed by atoms with Crippen LogP contribution in [0.25, 0.3) is 11.0 Å². The maximum absolute atomic E-state index is 12.6. The van der Waals surface area contributed by atoms with Crippen LogP contribution in [0.5, 0.6) is 0 Å². The zero-order chi connectivity index (χ0) is 15.3. The lowest BCUT2D eigenvalue weighted by atomic mass is 9.96. The van der Waals surface area contributed by atoms with Crippen LogP contribution in [0.4, 0.5) is 0 Å². The molecule has 0 fully saturated rings. The summed E-state index contributed by atoms with van der Waals surface area (Å²) in [5.41, 5.74) is 3.34. The molecule has 110 valence electrons. The van der Waals surface area contributed by atoms with Crippen LogP contribution in [0.3, 0.4) is 0 Å². The average Bonchev–Trinajstić information content (AvgIpc) is 2.55. The van der Waals surface area contributed by atoms with Crippen molar-refractivity contribution >= 4 is 39.3 Å². The fourth-order valence-electron chi connectivity index (χ4n) is 3.06. The highest BCUT2D eigenvalue weighted by Crippen LogP contribution is 2.34. The maximum Gasteiger partial charge on any atom is 0.339 e. The van der Waals surface area contributed by atoms with Gasteiger partial charge < -0.3 is 4.42 Å². The molecule has 1 heterocycles. The molecule has 0 amide bonds. The second-order valence-corrected chi connectivity index (χ2v) is 7.17. The van der Waals surface area contributed by atoms with Crippen molar-refractivity contribution in [3.05, 3.63) is 42.3 Å². The minimum Gasteiger partial charge on any atom is -0.422 e. The summed E-state index contributed by atoms with van der Waals surface area (Å²) in [7, 11) is 0. The molecule has 1 aromatic carbocycles. The zero-order valence-corrected chi connectivity index (χ0v) is 14.5. The van der Waals surface area contributed by atoms with Gasteiger partial charge in [-0.25, -0.2) is 4.79 Å². The maximum atomic E-state index is 12.6. The lowest BCUT2D eigenvalue weighted by Gasteiger charge is -2.12. The molecule has 2 aromatic rings. The Bertz CT molecular complexity index is 817. The predicted octanol–water partition coefficient (Wildman–Crippen LogP) is 4.17. The van der Waals surface area contributed by atoms with E-state index in [1.165, 1.54) is 0 Å². The van der Waals surface area contributed by atoms with Gasteiger partial charge in [0.25, 0.3) is 0 Å². The molecule has 21 heavy (non-hydrogen) atoms. The first kappa shape index (κ1) is 14.8. The van der Waals surface area contributed by atoms with Gasteiger partial charge in [-0.05, 0) is 72.4 Å². The van der Waals surface area contributed by atoms with E-state index in [9.17, 15) is 9.59 Å². The first-order valence-electron chi connectivity index (χ1n) is 7.18. The number of carbonyl (C=O) groups is 1. The number of benzene rings is 1. The zero-order valence-electron chi connectivity index (χ0n) is 12.4. The van der Waals surface area contributed by atoms with Crippen LogP contribution in [-0.2, 0) is 6.42 Å². The molecule has 0 bridgehead atoms. The lowest BCUT2D eigenvalue weighted by molar-refractivity contribution is 0.0967. The summed E-state index contributed by atoms with van der Waals surface area (Å²) in [6.07, 6.45) is 2.39. The van der Waals surface area contributed by atoms with Crippen LogP contribution in [0, 0.1) is 23.3 Å². The quantitative estimate of drug-likeness (QED) is 0.382.